The molecule has 1 atom stereocenters. The van der Waals surface area contributed by atoms with Crippen LogP contribution in [0, 0.1) is 5.92 Å². The van der Waals surface area contributed by atoms with Crippen molar-refractivity contribution in [3.63, 3.8) is 0 Å². The quantitative estimate of drug-likeness (QED) is 0.283. The Hall–Kier alpha value is -2.94. The largest absolute Gasteiger partial charge is 0.237 e. The van der Waals surface area contributed by atoms with Gasteiger partial charge in [-0.15, -0.1) is 0 Å². The second-order valence-corrected chi connectivity index (χ2v) is 8.22. The van der Waals surface area contributed by atoms with E-state index >= 15 is 0 Å². The molecule has 0 amide bonds. The molecule has 2 rings (SSSR count). The van der Waals surface area contributed by atoms with Crippen molar-refractivity contribution in [3.8, 4) is 0 Å². The van der Waals surface area contributed by atoms with Crippen LogP contribution >= 0.6 is 0 Å². The Morgan fingerprint density at radius 1 is 1.10 bits per heavy atom. The van der Waals surface area contributed by atoms with Crippen LogP contribution in [0.4, 0.5) is 5.82 Å². The van der Waals surface area contributed by atoms with E-state index in [4.69, 9.17) is 4.99 Å². The molecular weight excluding hydrogens is 378 g/mol. The van der Waals surface area contributed by atoms with Crippen molar-refractivity contribution in [1.82, 2.24) is 9.78 Å². The van der Waals surface area contributed by atoms with E-state index in [2.05, 4.69) is 89.6 Å². The molecule has 164 valence electrons. The summed E-state index contributed by atoms with van der Waals surface area (Å²) in [6.45, 7) is 16.9. The molecule has 0 aliphatic carbocycles. The third-order valence-electron chi connectivity index (χ3n) is 5.43. The molecular formula is C28H37N3. The third kappa shape index (κ3) is 6.78. The van der Waals surface area contributed by atoms with Gasteiger partial charge in [0.05, 0.1) is 6.20 Å². The number of benzene rings is 1. The molecule has 0 aliphatic heterocycles. The predicted octanol–water partition coefficient (Wildman–Crippen LogP) is 8.36. The average molecular weight is 416 g/mol. The van der Waals surface area contributed by atoms with Crippen LogP contribution in [0.15, 0.2) is 71.9 Å². The monoisotopic (exact) mass is 415 g/mol. The van der Waals surface area contributed by atoms with Crippen molar-refractivity contribution in [3.05, 3.63) is 78.0 Å². The highest BCUT2D eigenvalue weighted by molar-refractivity contribution is 5.90. The molecule has 0 saturated carbocycles. The Labute approximate surface area is 188 Å². The molecule has 31 heavy (non-hydrogen) atoms. The summed E-state index contributed by atoms with van der Waals surface area (Å²) < 4.78 is 1.89. The van der Waals surface area contributed by atoms with Crippen molar-refractivity contribution in [2.75, 3.05) is 0 Å². The van der Waals surface area contributed by atoms with E-state index in [1.807, 2.05) is 29.2 Å². The second kappa shape index (κ2) is 12.0. The Kier molecular flexibility index (Phi) is 9.45. The van der Waals surface area contributed by atoms with Gasteiger partial charge in [-0.1, -0.05) is 81.0 Å². The van der Waals surface area contributed by atoms with Crippen LogP contribution in [0.5, 0.6) is 0 Å². The summed E-state index contributed by atoms with van der Waals surface area (Å²) >= 11 is 0. The predicted molar refractivity (Wildman–Crippen MR) is 138 cm³/mol. The van der Waals surface area contributed by atoms with Gasteiger partial charge in [0.1, 0.15) is 0 Å². The normalized spacial score (nSPS) is 13.8. The lowest BCUT2D eigenvalue weighted by molar-refractivity contribution is 0.592. The lowest BCUT2D eigenvalue weighted by Crippen LogP contribution is -2.10. The van der Waals surface area contributed by atoms with Crippen LogP contribution < -0.4 is 0 Å². The Bertz CT molecular complexity index is 981. The molecule has 2 aromatic rings. The summed E-state index contributed by atoms with van der Waals surface area (Å²) in [4.78, 5) is 5.08. The molecule has 0 spiro atoms. The van der Waals surface area contributed by atoms with Crippen LogP contribution in [0.1, 0.15) is 71.9 Å². The third-order valence-corrected chi connectivity index (χ3v) is 5.43. The van der Waals surface area contributed by atoms with Gasteiger partial charge < -0.3 is 0 Å². The first-order valence-corrected chi connectivity index (χ1v) is 11.3. The van der Waals surface area contributed by atoms with E-state index in [-0.39, 0.29) is 0 Å². The molecule has 0 aliphatic rings. The summed E-state index contributed by atoms with van der Waals surface area (Å²) in [7, 11) is 0. The van der Waals surface area contributed by atoms with Gasteiger partial charge in [0.2, 0.25) is 0 Å². The minimum Gasteiger partial charge on any atom is -0.237 e. The minimum absolute atomic E-state index is 0.490. The molecule has 1 unspecified atom stereocenters. The fourth-order valence-electron chi connectivity index (χ4n) is 3.60. The van der Waals surface area contributed by atoms with E-state index < -0.39 is 0 Å². The summed E-state index contributed by atoms with van der Waals surface area (Å²) in [6.07, 6.45) is 13.5. The number of aliphatic imine (C=N–C) groups is 1. The highest BCUT2D eigenvalue weighted by Gasteiger charge is 2.15. The maximum absolute atomic E-state index is 5.08. The van der Waals surface area contributed by atoms with Gasteiger partial charge in [0, 0.05) is 17.5 Å². The van der Waals surface area contributed by atoms with Crippen molar-refractivity contribution in [1.29, 1.82) is 0 Å². The second-order valence-electron chi connectivity index (χ2n) is 8.22. The van der Waals surface area contributed by atoms with Crippen molar-refractivity contribution < 1.29 is 0 Å². The topological polar surface area (TPSA) is 30.2 Å². The number of allylic oxidation sites excluding steroid dienone is 6. The minimum atomic E-state index is 0.490. The Balaban J connectivity index is 2.55. The van der Waals surface area contributed by atoms with Crippen LogP contribution in [-0.4, -0.2) is 15.5 Å². The van der Waals surface area contributed by atoms with Gasteiger partial charge in [-0.25, -0.2) is 9.67 Å². The van der Waals surface area contributed by atoms with Crippen LogP contribution in [-0.2, 0) is 0 Å². The number of hydrogen-bond donors (Lipinski definition) is 0. The number of nitrogens with zero attached hydrogens (tertiary/aromatic N) is 3. The Morgan fingerprint density at radius 3 is 2.39 bits per heavy atom. The highest BCUT2D eigenvalue weighted by Crippen LogP contribution is 2.30. The zero-order valence-electron chi connectivity index (χ0n) is 20.0. The first kappa shape index (κ1) is 24.3. The van der Waals surface area contributed by atoms with Crippen molar-refractivity contribution in [2.45, 2.75) is 60.8 Å². The van der Waals surface area contributed by atoms with Gasteiger partial charge in [-0.2, -0.15) is 5.10 Å². The van der Waals surface area contributed by atoms with Crippen LogP contribution in [0.25, 0.3) is 17.3 Å². The molecule has 3 nitrogen and oxygen atoms in total. The van der Waals surface area contributed by atoms with Gasteiger partial charge in [-0.3, -0.25) is 0 Å². The molecule has 0 bridgehead atoms. The number of aromatic nitrogens is 2. The van der Waals surface area contributed by atoms with Gasteiger partial charge >= 0.3 is 0 Å². The van der Waals surface area contributed by atoms with Gasteiger partial charge in [0.15, 0.2) is 5.82 Å². The summed E-state index contributed by atoms with van der Waals surface area (Å²) in [5, 5.41) is 4.62. The van der Waals surface area contributed by atoms with E-state index in [1.165, 1.54) is 16.7 Å². The molecule has 1 heterocycles. The van der Waals surface area contributed by atoms with E-state index in [9.17, 15) is 0 Å². The van der Waals surface area contributed by atoms with Crippen LogP contribution in [0.3, 0.4) is 0 Å². The summed E-state index contributed by atoms with van der Waals surface area (Å²) in [5.74, 6) is 1.36. The van der Waals surface area contributed by atoms with Crippen molar-refractivity contribution in [2.24, 2.45) is 10.9 Å². The summed E-state index contributed by atoms with van der Waals surface area (Å²) in [6, 6.07) is 10.4. The SMILES string of the molecule is C=C/C(=C\C=C(/C)c1ccccc1)c1cnn(C=C(C)C)c1/N=C(\C)C(CC)CCC. The maximum Gasteiger partial charge on any atom is 0.162 e. The first-order valence-electron chi connectivity index (χ1n) is 11.3. The van der Waals surface area contributed by atoms with Crippen LogP contribution in [0.2, 0.25) is 0 Å². The lowest BCUT2D eigenvalue weighted by Gasteiger charge is -2.14. The summed E-state index contributed by atoms with van der Waals surface area (Å²) in [5.41, 5.74) is 6.75. The lowest BCUT2D eigenvalue weighted by atomic mass is 9.96. The van der Waals surface area contributed by atoms with E-state index in [0.29, 0.717) is 5.92 Å². The average Bonchev–Trinajstić information content (AvgIpc) is 3.14. The number of rotatable bonds is 10. The maximum atomic E-state index is 5.08. The fourth-order valence-corrected chi connectivity index (χ4v) is 3.60. The highest BCUT2D eigenvalue weighted by atomic mass is 15.3. The molecule has 1 aromatic heterocycles. The van der Waals surface area contributed by atoms with E-state index in [1.54, 1.807) is 0 Å². The fraction of sp³-hybridized carbons (Fsp3) is 0.357. The number of hydrogen-bond acceptors (Lipinski definition) is 2. The zero-order chi connectivity index (χ0) is 22.8. The smallest absolute Gasteiger partial charge is 0.162 e. The van der Waals surface area contributed by atoms with Crippen molar-refractivity contribution >= 4 is 28.9 Å². The molecule has 3 heteroatoms. The molecule has 0 saturated heterocycles. The standard InChI is InChI=1S/C28H37N3/c1-8-14-24(9-2)23(7)30-28-27(19-29-31(28)20-21(4)5)25(10-3)18-17-22(6)26-15-12-11-13-16-26/h10-13,15-20,24H,3,8-9,14H2,1-2,4-7H3/b22-17+,25-18+,30-23+. The molecule has 0 radical (unpaired) electrons. The Morgan fingerprint density at radius 2 is 1.81 bits per heavy atom. The molecule has 0 N–H and O–H groups in total. The molecule has 1 aromatic carbocycles. The van der Waals surface area contributed by atoms with Gasteiger partial charge in [-0.05, 0) is 63.2 Å². The first-order chi connectivity index (χ1) is 14.9. The van der Waals surface area contributed by atoms with Gasteiger partial charge in [0.25, 0.3) is 0 Å². The zero-order valence-corrected chi connectivity index (χ0v) is 20.0. The molecule has 0 fully saturated rings. The van der Waals surface area contributed by atoms with E-state index in [0.717, 1.165) is 41.9 Å².